The minimum Gasteiger partial charge on any atom is -0.481 e. The molecule has 0 spiro atoms. The van der Waals surface area contributed by atoms with Crippen molar-refractivity contribution in [3.05, 3.63) is 66.1 Å². The highest BCUT2D eigenvalue weighted by Crippen LogP contribution is 2.32. The van der Waals surface area contributed by atoms with Crippen molar-refractivity contribution in [2.75, 3.05) is 0 Å². The largest absolute Gasteiger partial charge is 0.481 e. The number of aromatic amines is 1. The van der Waals surface area contributed by atoms with Crippen LogP contribution >= 0.6 is 0 Å². The Morgan fingerprint density at radius 1 is 1.00 bits per heavy atom. The zero-order valence-electron chi connectivity index (χ0n) is 16.5. The van der Waals surface area contributed by atoms with Gasteiger partial charge < -0.3 is 14.8 Å². The van der Waals surface area contributed by atoms with Crippen LogP contribution < -0.4 is 4.74 Å². The molecule has 5 rings (SSSR count). The number of pyridine rings is 1. The smallest absolute Gasteiger partial charge is 0.306 e. The first-order valence-corrected chi connectivity index (χ1v) is 9.88. The molecule has 1 fully saturated rings. The third-order valence-corrected chi connectivity index (χ3v) is 5.55. The first-order chi connectivity index (χ1) is 15.4. The maximum atomic E-state index is 14.8. The fraction of sp³-hybridized carbons (Fsp3) is 0.174. The Labute approximate surface area is 179 Å². The Morgan fingerprint density at radius 2 is 1.75 bits per heavy atom. The van der Waals surface area contributed by atoms with Crippen molar-refractivity contribution in [3.8, 4) is 28.4 Å². The molecule has 9 heteroatoms. The first-order valence-electron chi connectivity index (χ1n) is 9.88. The van der Waals surface area contributed by atoms with Crippen molar-refractivity contribution in [1.29, 1.82) is 0 Å². The van der Waals surface area contributed by atoms with Gasteiger partial charge in [-0.25, -0.2) is 23.1 Å². The molecule has 0 aliphatic heterocycles. The zero-order chi connectivity index (χ0) is 22.4. The summed E-state index contributed by atoms with van der Waals surface area (Å²) in [5.41, 5.74) is 1.87. The van der Waals surface area contributed by atoms with Crippen LogP contribution in [0.2, 0.25) is 0 Å². The van der Waals surface area contributed by atoms with Crippen LogP contribution in [-0.4, -0.2) is 32.1 Å². The number of ether oxygens (including phenoxy) is 1. The van der Waals surface area contributed by atoms with Crippen LogP contribution in [-0.2, 0) is 4.79 Å². The highest BCUT2D eigenvalue weighted by atomic mass is 19.2. The summed E-state index contributed by atoms with van der Waals surface area (Å²) in [6, 6.07) is 9.86. The van der Waals surface area contributed by atoms with Crippen molar-refractivity contribution >= 4 is 17.0 Å². The van der Waals surface area contributed by atoms with Crippen molar-refractivity contribution < 1.29 is 27.8 Å². The number of hydrogen-bond donors (Lipinski definition) is 2. The quantitative estimate of drug-likeness (QED) is 0.459. The summed E-state index contributed by atoms with van der Waals surface area (Å²) in [7, 11) is 0. The highest BCUT2D eigenvalue weighted by Gasteiger charge is 2.36. The number of benzene rings is 2. The van der Waals surface area contributed by atoms with Gasteiger partial charge in [-0.15, -0.1) is 0 Å². The van der Waals surface area contributed by atoms with Crippen LogP contribution in [0.25, 0.3) is 33.5 Å². The van der Waals surface area contributed by atoms with Crippen LogP contribution in [0.1, 0.15) is 12.8 Å². The van der Waals surface area contributed by atoms with Gasteiger partial charge in [0.25, 0.3) is 0 Å². The van der Waals surface area contributed by atoms with Crippen LogP contribution in [0.15, 0.2) is 48.7 Å². The van der Waals surface area contributed by atoms with Gasteiger partial charge in [-0.05, 0) is 36.6 Å². The number of fused-ring (bicyclic) bond motifs is 1. The van der Waals surface area contributed by atoms with Crippen LogP contribution in [0.4, 0.5) is 13.2 Å². The summed E-state index contributed by atoms with van der Waals surface area (Å²) in [5.74, 6) is -3.24. The molecule has 2 heterocycles. The van der Waals surface area contributed by atoms with Gasteiger partial charge in [0.15, 0.2) is 11.6 Å². The van der Waals surface area contributed by atoms with E-state index in [2.05, 4.69) is 15.0 Å². The lowest BCUT2D eigenvalue weighted by atomic mass is 9.82. The van der Waals surface area contributed by atoms with Gasteiger partial charge in [0.05, 0.1) is 22.5 Å². The SMILES string of the molecule is O=C(O)[C@H]1C[C@H](Oc2ccc(-c3ccc(-c4nc5cc(F)c(F)cc5[nH]4)c(F)c3)cn2)C1. The number of nitrogens with one attached hydrogen (secondary N) is 1. The minimum absolute atomic E-state index is 0.163. The molecule has 0 amide bonds. The molecule has 1 aliphatic rings. The van der Waals surface area contributed by atoms with E-state index in [1.54, 1.807) is 24.4 Å². The normalized spacial score (nSPS) is 17.8. The molecule has 6 nitrogen and oxygen atoms in total. The van der Waals surface area contributed by atoms with E-state index in [0.29, 0.717) is 29.8 Å². The molecule has 0 atom stereocenters. The molecule has 2 N–H and O–H groups in total. The Balaban J connectivity index is 1.34. The second-order valence-electron chi connectivity index (χ2n) is 7.70. The number of halogens is 3. The Hall–Kier alpha value is -3.88. The molecule has 0 bridgehead atoms. The summed E-state index contributed by atoms with van der Waals surface area (Å²) >= 11 is 0. The number of aliphatic carboxylic acids is 1. The van der Waals surface area contributed by atoms with E-state index < -0.39 is 23.4 Å². The molecule has 1 saturated carbocycles. The fourth-order valence-electron chi connectivity index (χ4n) is 3.67. The molecular weight excluding hydrogens is 423 g/mol. The molecule has 32 heavy (non-hydrogen) atoms. The molecule has 2 aromatic heterocycles. The number of carboxylic acid groups (broad SMARTS) is 1. The fourth-order valence-corrected chi connectivity index (χ4v) is 3.67. The molecule has 4 aromatic rings. The van der Waals surface area contributed by atoms with Gasteiger partial charge in [0, 0.05) is 30.0 Å². The number of carbonyl (C=O) groups is 1. The van der Waals surface area contributed by atoms with Crippen molar-refractivity contribution in [3.63, 3.8) is 0 Å². The average molecular weight is 439 g/mol. The molecule has 0 unspecified atom stereocenters. The van der Waals surface area contributed by atoms with E-state index in [0.717, 1.165) is 12.1 Å². The predicted octanol–water partition coefficient (Wildman–Crippen LogP) is 4.95. The first kappa shape index (κ1) is 20.0. The average Bonchev–Trinajstić information content (AvgIpc) is 3.13. The summed E-state index contributed by atoms with van der Waals surface area (Å²) < 4.78 is 47.3. The maximum Gasteiger partial charge on any atom is 0.306 e. The lowest BCUT2D eigenvalue weighted by Crippen LogP contribution is -2.38. The second-order valence-corrected chi connectivity index (χ2v) is 7.70. The zero-order valence-corrected chi connectivity index (χ0v) is 16.5. The second kappa shape index (κ2) is 7.67. The van der Waals surface area contributed by atoms with Gasteiger partial charge in [-0.1, -0.05) is 6.07 Å². The number of hydrogen-bond acceptors (Lipinski definition) is 4. The van der Waals surface area contributed by atoms with Crippen LogP contribution in [0.5, 0.6) is 5.88 Å². The Bertz CT molecular complexity index is 1290. The van der Waals surface area contributed by atoms with Gasteiger partial charge >= 0.3 is 5.97 Å². The third kappa shape index (κ3) is 3.66. The molecule has 2 aromatic carbocycles. The van der Waals surface area contributed by atoms with Gasteiger partial charge in [-0.2, -0.15) is 0 Å². The molecular formula is C23H16F3N3O3. The number of aromatic nitrogens is 3. The Morgan fingerprint density at radius 3 is 2.44 bits per heavy atom. The monoisotopic (exact) mass is 439 g/mol. The van der Waals surface area contributed by atoms with Crippen LogP contribution in [0.3, 0.4) is 0 Å². The molecule has 162 valence electrons. The molecule has 0 radical (unpaired) electrons. The topological polar surface area (TPSA) is 88.1 Å². The summed E-state index contributed by atoms with van der Waals surface area (Å²) in [4.78, 5) is 22.0. The van der Waals surface area contributed by atoms with Crippen molar-refractivity contribution in [2.24, 2.45) is 5.92 Å². The lowest BCUT2D eigenvalue weighted by Gasteiger charge is -2.31. The van der Waals surface area contributed by atoms with Gasteiger partial charge in [0.2, 0.25) is 5.88 Å². The summed E-state index contributed by atoms with van der Waals surface area (Å²) in [5, 5.41) is 8.92. The van der Waals surface area contributed by atoms with E-state index >= 15 is 0 Å². The van der Waals surface area contributed by atoms with E-state index in [1.807, 2.05) is 0 Å². The van der Waals surface area contributed by atoms with Gasteiger partial charge in [-0.3, -0.25) is 4.79 Å². The molecule has 1 aliphatic carbocycles. The number of carboxylic acids is 1. The van der Waals surface area contributed by atoms with Crippen molar-refractivity contribution in [2.45, 2.75) is 18.9 Å². The Kier molecular flexibility index (Phi) is 4.80. The van der Waals surface area contributed by atoms with Crippen LogP contribution in [0, 0.1) is 23.4 Å². The number of rotatable bonds is 5. The third-order valence-electron chi connectivity index (χ3n) is 5.55. The number of H-pyrrole nitrogens is 1. The lowest BCUT2D eigenvalue weighted by molar-refractivity contribution is -0.148. The van der Waals surface area contributed by atoms with E-state index in [4.69, 9.17) is 9.84 Å². The van der Waals surface area contributed by atoms with Crippen molar-refractivity contribution in [1.82, 2.24) is 15.0 Å². The minimum atomic E-state index is -1.02. The summed E-state index contributed by atoms with van der Waals surface area (Å²) in [6.45, 7) is 0. The number of imidazole rings is 1. The van der Waals surface area contributed by atoms with E-state index in [-0.39, 0.29) is 34.4 Å². The van der Waals surface area contributed by atoms with Gasteiger partial charge in [0.1, 0.15) is 17.7 Å². The maximum absolute atomic E-state index is 14.8. The molecule has 0 saturated heterocycles. The highest BCUT2D eigenvalue weighted by molar-refractivity contribution is 5.80. The summed E-state index contributed by atoms with van der Waals surface area (Å²) in [6.07, 6.45) is 2.28. The van der Waals surface area contributed by atoms with E-state index in [1.165, 1.54) is 12.1 Å². The standard InChI is InChI=1S/C23H16F3N3O3/c24-16-7-11(12-2-4-21(27-10-12)32-14-5-13(6-14)23(30)31)1-3-15(16)22-28-19-8-17(25)18(26)9-20(19)29-22/h1-4,7-10,13-14H,5-6H2,(H,28,29)(H,30,31)/t13-,14-. The van der Waals surface area contributed by atoms with E-state index in [9.17, 15) is 18.0 Å². The predicted molar refractivity (Wildman–Crippen MR) is 109 cm³/mol. The number of nitrogens with zero attached hydrogens (tertiary/aromatic N) is 2.